The fraction of sp³-hybridized carbons (Fsp3) is 0.500. The van der Waals surface area contributed by atoms with Gasteiger partial charge in [-0.05, 0) is 37.0 Å². The van der Waals surface area contributed by atoms with Crippen molar-refractivity contribution in [2.75, 3.05) is 6.54 Å². The molecule has 96 valence electrons. The quantitative estimate of drug-likeness (QED) is 0.904. The summed E-state index contributed by atoms with van der Waals surface area (Å²) in [6.07, 6.45) is 3.37. The highest BCUT2D eigenvalue weighted by Crippen LogP contribution is 2.23. The first-order valence-electron chi connectivity index (χ1n) is 6.51. The number of hydrogen-bond acceptors (Lipinski definition) is 2. The largest absolute Gasteiger partial charge is 0.337 e. The van der Waals surface area contributed by atoms with Gasteiger partial charge in [-0.25, -0.2) is 0 Å². The molecule has 18 heavy (non-hydrogen) atoms. The van der Waals surface area contributed by atoms with Crippen molar-refractivity contribution in [1.29, 1.82) is 0 Å². The average molecular weight is 265 g/mol. The van der Waals surface area contributed by atoms with E-state index in [1.807, 2.05) is 29.2 Å². The molecule has 1 saturated heterocycles. The highest BCUT2D eigenvalue weighted by atomic mass is 35.5. The summed E-state index contributed by atoms with van der Waals surface area (Å²) in [4.78, 5) is 14.1. The summed E-state index contributed by atoms with van der Waals surface area (Å²) in [7, 11) is 0. The zero-order valence-corrected chi connectivity index (χ0v) is 11.0. The van der Waals surface area contributed by atoms with Crippen molar-refractivity contribution in [3.8, 4) is 0 Å². The molecule has 3 rings (SSSR count). The number of rotatable bonds is 4. The Balaban J connectivity index is 1.61. The van der Waals surface area contributed by atoms with Gasteiger partial charge >= 0.3 is 0 Å². The van der Waals surface area contributed by atoms with Crippen molar-refractivity contribution >= 4 is 17.5 Å². The first-order chi connectivity index (χ1) is 8.72. The van der Waals surface area contributed by atoms with E-state index >= 15 is 0 Å². The molecule has 0 radical (unpaired) electrons. The Hall–Kier alpha value is -1.06. The Kier molecular flexibility index (Phi) is 3.27. The molecule has 1 amide bonds. The number of likely N-dealkylation sites (tertiary alicyclic amines) is 1. The molecule has 3 nitrogen and oxygen atoms in total. The van der Waals surface area contributed by atoms with Crippen LogP contribution in [-0.2, 0) is 11.3 Å². The van der Waals surface area contributed by atoms with Crippen LogP contribution in [-0.4, -0.2) is 29.4 Å². The molecule has 1 atom stereocenters. The second kappa shape index (κ2) is 4.90. The van der Waals surface area contributed by atoms with Gasteiger partial charge < -0.3 is 10.2 Å². The van der Waals surface area contributed by atoms with Crippen LogP contribution in [0.5, 0.6) is 0 Å². The van der Waals surface area contributed by atoms with Crippen LogP contribution in [0.25, 0.3) is 0 Å². The summed E-state index contributed by atoms with van der Waals surface area (Å²) in [5, 5.41) is 4.14. The number of hydrogen-bond donors (Lipinski definition) is 1. The zero-order chi connectivity index (χ0) is 12.5. The first kappa shape index (κ1) is 12.0. The molecule has 1 aromatic carbocycles. The zero-order valence-electron chi connectivity index (χ0n) is 10.2. The second-order valence-electron chi connectivity index (χ2n) is 5.17. The molecule has 1 heterocycles. The van der Waals surface area contributed by atoms with E-state index in [9.17, 15) is 4.79 Å². The van der Waals surface area contributed by atoms with Gasteiger partial charge in [0, 0.05) is 24.2 Å². The molecule has 1 aromatic rings. The lowest BCUT2D eigenvalue weighted by atomic mass is 10.2. The molecule has 2 fully saturated rings. The van der Waals surface area contributed by atoms with Crippen molar-refractivity contribution < 1.29 is 4.79 Å². The number of amides is 1. The molecule has 0 bridgehead atoms. The first-order valence-corrected chi connectivity index (χ1v) is 6.89. The molecule has 1 saturated carbocycles. The third-order valence-electron chi connectivity index (χ3n) is 3.57. The van der Waals surface area contributed by atoms with E-state index in [2.05, 4.69) is 5.32 Å². The highest BCUT2D eigenvalue weighted by molar-refractivity contribution is 6.30. The van der Waals surface area contributed by atoms with Crippen LogP contribution in [0, 0.1) is 0 Å². The minimum atomic E-state index is 0.0386. The lowest BCUT2D eigenvalue weighted by Gasteiger charge is -2.17. The maximum Gasteiger partial charge on any atom is 0.240 e. The van der Waals surface area contributed by atoms with Crippen molar-refractivity contribution in [3.05, 3.63) is 34.9 Å². The molecule has 1 aliphatic heterocycles. The molecule has 1 aliphatic carbocycles. The van der Waals surface area contributed by atoms with Gasteiger partial charge in [0.15, 0.2) is 0 Å². The minimum absolute atomic E-state index is 0.0386. The third-order valence-corrected chi connectivity index (χ3v) is 3.81. The fourth-order valence-corrected chi connectivity index (χ4v) is 2.65. The van der Waals surface area contributed by atoms with Gasteiger partial charge in [-0.2, -0.15) is 0 Å². The van der Waals surface area contributed by atoms with Gasteiger partial charge in [-0.1, -0.05) is 23.7 Å². The fourth-order valence-electron chi connectivity index (χ4n) is 2.44. The normalized spacial score (nSPS) is 23.7. The summed E-state index contributed by atoms with van der Waals surface area (Å²) >= 11 is 5.96. The van der Waals surface area contributed by atoms with Crippen LogP contribution in [0.3, 0.4) is 0 Å². The summed E-state index contributed by atoms with van der Waals surface area (Å²) in [6.45, 7) is 1.51. The number of halogens is 1. The van der Waals surface area contributed by atoms with E-state index in [1.54, 1.807) is 0 Å². The van der Waals surface area contributed by atoms with Crippen molar-refractivity contribution in [3.63, 3.8) is 0 Å². The van der Waals surface area contributed by atoms with Crippen molar-refractivity contribution in [2.45, 2.75) is 37.9 Å². The van der Waals surface area contributed by atoms with Gasteiger partial charge in [-0.15, -0.1) is 0 Å². The van der Waals surface area contributed by atoms with E-state index < -0.39 is 0 Å². The number of nitrogens with zero attached hydrogens (tertiary/aromatic N) is 1. The van der Waals surface area contributed by atoms with Crippen LogP contribution in [0.2, 0.25) is 5.02 Å². The third kappa shape index (κ3) is 2.68. The number of nitrogens with one attached hydrogen (secondary N) is 1. The maximum absolute atomic E-state index is 12.2. The molecule has 0 aromatic heterocycles. The Morgan fingerprint density at radius 2 is 2.17 bits per heavy atom. The van der Waals surface area contributed by atoms with E-state index in [0.717, 1.165) is 23.6 Å². The molecule has 1 N–H and O–H groups in total. The molecule has 4 heteroatoms. The van der Waals surface area contributed by atoms with Gasteiger partial charge in [-0.3, -0.25) is 4.79 Å². The van der Waals surface area contributed by atoms with E-state index in [-0.39, 0.29) is 11.9 Å². The minimum Gasteiger partial charge on any atom is -0.337 e. The Morgan fingerprint density at radius 1 is 1.33 bits per heavy atom. The maximum atomic E-state index is 12.2. The van der Waals surface area contributed by atoms with E-state index in [1.165, 1.54) is 12.8 Å². The average Bonchev–Trinajstić information content (AvgIpc) is 3.10. The summed E-state index contributed by atoms with van der Waals surface area (Å²) < 4.78 is 0. The predicted octanol–water partition coefficient (Wildman–Crippen LogP) is 2.19. The van der Waals surface area contributed by atoms with Crippen LogP contribution < -0.4 is 5.32 Å². The molecular formula is C14H17ClN2O. The molecule has 1 unspecified atom stereocenters. The molecular weight excluding hydrogens is 248 g/mol. The van der Waals surface area contributed by atoms with E-state index in [4.69, 9.17) is 11.6 Å². The Morgan fingerprint density at radius 3 is 2.89 bits per heavy atom. The number of carbonyl (C=O) groups is 1. The Labute approximate surface area is 112 Å². The topological polar surface area (TPSA) is 32.3 Å². The van der Waals surface area contributed by atoms with Crippen molar-refractivity contribution in [1.82, 2.24) is 10.2 Å². The molecule has 2 aliphatic rings. The second-order valence-corrected chi connectivity index (χ2v) is 5.61. The predicted molar refractivity (Wildman–Crippen MR) is 71.4 cm³/mol. The van der Waals surface area contributed by atoms with Gasteiger partial charge in [0.25, 0.3) is 0 Å². The van der Waals surface area contributed by atoms with E-state index in [0.29, 0.717) is 12.6 Å². The number of carbonyl (C=O) groups excluding carboxylic acids is 1. The standard InChI is InChI=1S/C14H17ClN2O/c15-11-3-1-2-10(8-11)9-17-7-6-13(14(17)18)16-12-4-5-12/h1-3,8,12-13,16H,4-7,9H2. The smallest absolute Gasteiger partial charge is 0.240 e. The summed E-state index contributed by atoms with van der Waals surface area (Å²) in [5.41, 5.74) is 1.10. The lowest BCUT2D eigenvalue weighted by molar-refractivity contribution is -0.129. The van der Waals surface area contributed by atoms with Gasteiger partial charge in [0.2, 0.25) is 5.91 Å². The summed E-state index contributed by atoms with van der Waals surface area (Å²) in [5.74, 6) is 0.238. The SMILES string of the molecule is O=C1C(NC2CC2)CCN1Cc1cccc(Cl)c1. The lowest BCUT2D eigenvalue weighted by Crippen LogP contribution is -2.39. The van der Waals surface area contributed by atoms with Crippen molar-refractivity contribution in [2.24, 2.45) is 0 Å². The number of benzene rings is 1. The monoisotopic (exact) mass is 264 g/mol. The van der Waals surface area contributed by atoms with Crippen LogP contribution in [0.4, 0.5) is 0 Å². The molecule has 0 spiro atoms. The van der Waals surface area contributed by atoms with Crippen LogP contribution in [0.15, 0.2) is 24.3 Å². The highest BCUT2D eigenvalue weighted by Gasteiger charge is 2.35. The van der Waals surface area contributed by atoms with Crippen LogP contribution in [0.1, 0.15) is 24.8 Å². The van der Waals surface area contributed by atoms with Crippen LogP contribution >= 0.6 is 11.6 Å². The summed E-state index contributed by atoms with van der Waals surface area (Å²) in [6, 6.07) is 8.35. The van der Waals surface area contributed by atoms with Gasteiger partial charge in [0.05, 0.1) is 6.04 Å². The van der Waals surface area contributed by atoms with Gasteiger partial charge in [0.1, 0.15) is 0 Å². The Bertz CT molecular complexity index is 459.